The van der Waals surface area contributed by atoms with E-state index in [1.807, 2.05) is 12.1 Å². The molecule has 18 heavy (non-hydrogen) atoms. The van der Waals surface area contributed by atoms with E-state index in [0.717, 1.165) is 9.75 Å². The van der Waals surface area contributed by atoms with E-state index in [0.29, 0.717) is 19.5 Å². The summed E-state index contributed by atoms with van der Waals surface area (Å²) in [6.45, 7) is 1.30. The normalized spacial score (nSPS) is 10.3. The summed E-state index contributed by atoms with van der Waals surface area (Å²) in [6.07, 6.45) is 0.546. The van der Waals surface area contributed by atoms with E-state index in [2.05, 4.69) is 5.32 Å². The van der Waals surface area contributed by atoms with Crippen LogP contribution in [-0.4, -0.2) is 42.5 Å². The van der Waals surface area contributed by atoms with Gasteiger partial charge in [0.2, 0.25) is 5.91 Å². The number of carbonyl (C=O) groups is 2. The molecule has 1 aromatic rings. The molecule has 0 aliphatic rings. The molecule has 2 N–H and O–H groups in total. The maximum atomic E-state index is 11.3. The maximum Gasteiger partial charge on any atom is 0.308 e. The first-order valence-electron chi connectivity index (χ1n) is 5.69. The lowest BCUT2D eigenvalue weighted by molar-refractivity contribution is -0.136. The van der Waals surface area contributed by atoms with Crippen molar-refractivity contribution >= 4 is 23.2 Å². The number of amides is 1. The van der Waals surface area contributed by atoms with E-state index < -0.39 is 5.97 Å². The van der Waals surface area contributed by atoms with Gasteiger partial charge in [-0.05, 0) is 12.1 Å². The summed E-state index contributed by atoms with van der Waals surface area (Å²) in [5, 5.41) is 11.8. The molecule has 0 saturated heterocycles. The molecule has 5 nitrogen and oxygen atoms in total. The monoisotopic (exact) mass is 270 g/mol. The summed E-state index contributed by atoms with van der Waals surface area (Å²) < 4.78 is 0. The lowest BCUT2D eigenvalue weighted by Crippen LogP contribution is -2.26. The van der Waals surface area contributed by atoms with Gasteiger partial charge in [0, 0.05) is 43.4 Å². The minimum absolute atomic E-state index is 0.0732. The summed E-state index contributed by atoms with van der Waals surface area (Å²) in [5.74, 6) is -0.715. The SMILES string of the molecule is CN(C)C(=O)CCNCc1ccc(CC(=O)O)s1. The van der Waals surface area contributed by atoms with E-state index >= 15 is 0 Å². The van der Waals surface area contributed by atoms with Crippen molar-refractivity contribution in [1.82, 2.24) is 10.2 Å². The Kier molecular flexibility index (Phi) is 5.80. The van der Waals surface area contributed by atoms with Crippen LogP contribution in [0.15, 0.2) is 12.1 Å². The van der Waals surface area contributed by atoms with Crippen LogP contribution in [0, 0.1) is 0 Å². The Balaban J connectivity index is 2.25. The molecule has 0 fully saturated rings. The number of nitrogens with one attached hydrogen (secondary N) is 1. The van der Waals surface area contributed by atoms with Crippen LogP contribution >= 0.6 is 11.3 Å². The second kappa shape index (κ2) is 7.13. The first kappa shape index (κ1) is 14.7. The fourth-order valence-corrected chi connectivity index (χ4v) is 2.37. The first-order valence-corrected chi connectivity index (χ1v) is 6.51. The van der Waals surface area contributed by atoms with Crippen LogP contribution in [0.4, 0.5) is 0 Å². The predicted octanol–water partition coefficient (Wildman–Crippen LogP) is 0.943. The second-order valence-electron chi connectivity index (χ2n) is 4.15. The zero-order chi connectivity index (χ0) is 13.5. The molecule has 0 bridgehead atoms. The minimum atomic E-state index is -0.812. The fourth-order valence-electron chi connectivity index (χ4n) is 1.39. The second-order valence-corrected chi connectivity index (χ2v) is 5.41. The first-order chi connectivity index (χ1) is 8.49. The molecule has 0 atom stereocenters. The summed E-state index contributed by atoms with van der Waals surface area (Å²) in [6, 6.07) is 3.75. The fraction of sp³-hybridized carbons (Fsp3) is 0.500. The summed E-state index contributed by atoms with van der Waals surface area (Å²) >= 11 is 1.49. The third kappa shape index (κ3) is 5.29. The van der Waals surface area contributed by atoms with Gasteiger partial charge in [0.25, 0.3) is 0 Å². The van der Waals surface area contributed by atoms with Crippen LogP contribution in [0.3, 0.4) is 0 Å². The molecule has 100 valence electrons. The molecule has 0 saturated carbocycles. The minimum Gasteiger partial charge on any atom is -0.481 e. The number of nitrogens with zero attached hydrogens (tertiary/aromatic N) is 1. The highest BCUT2D eigenvalue weighted by Crippen LogP contribution is 2.16. The number of rotatable bonds is 7. The number of carboxylic acid groups (broad SMARTS) is 1. The number of carboxylic acids is 1. The molecule has 0 spiro atoms. The molecule has 1 heterocycles. The van der Waals surface area contributed by atoms with Crippen molar-refractivity contribution in [2.45, 2.75) is 19.4 Å². The molecule has 1 aromatic heterocycles. The van der Waals surface area contributed by atoms with Crippen molar-refractivity contribution in [3.8, 4) is 0 Å². The van der Waals surface area contributed by atoms with Gasteiger partial charge in [-0.15, -0.1) is 11.3 Å². The molecule has 0 aromatic carbocycles. The van der Waals surface area contributed by atoms with E-state index in [-0.39, 0.29) is 12.3 Å². The zero-order valence-electron chi connectivity index (χ0n) is 10.6. The third-order valence-corrected chi connectivity index (χ3v) is 3.44. The largest absolute Gasteiger partial charge is 0.481 e. The highest BCUT2D eigenvalue weighted by atomic mass is 32.1. The molecule has 0 aliphatic heterocycles. The van der Waals surface area contributed by atoms with E-state index in [1.165, 1.54) is 11.3 Å². The molecule has 1 amide bonds. The van der Waals surface area contributed by atoms with E-state index in [4.69, 9.17) is 5.11 Å². The predicted molar refractivity (Wildman–Crippen MR) is 70.7 cm³/mol. The Morgan fingerprint density at radius 1 is 1.33 bits per heavy atom. The highest BCUT2D eigenvalue weighted by Gasteiger charge is 2.05. The highest BCUT2D eigenvalue weighted by molar-refractivity contribution is 7.12. The standard InChI is InChI=1S/C12H18N2O3S/c1-14(2)11(15)5-6-13-8-10-4-3-9(18-10)7-12(16)17/h3-4,13H,5-8H2,1-2H3,(H,16,17). The topological polar surface area (TPSA) is 69.6 Å². The Bertz CT molecular complexity index is 415. The van der Waals surface area contributed by atoms with E-state index in [9.17, 15) is 9.59 Å². The van der Waals surface area contributed by atoms with Crippen LogP contribution in [0.25, 0.3) is 0 Å². The number of thiophene rings is 1. The molecular formula is C12H18N2O3S. The summed E-state index contributed by atoms with van der Waals surface area (Å²) in [4.78, 5) is 25.3. The van der Waals surface area contributed by atoms with Gasteiger partial charge in [0.15, 0.2) is 0 Å². The van der Waals surface area contributed by atoms with Crippen molar-refractivity contribution in [2.75, 3.05) is 20.6 Å². The van der Waals surface area contributed by atoms with Crippen molar-refractivity contribution in [3.05, 3.63) is 21.9 Å². The number of carbonyl (C=O) groups excluding carboxylic acids is 1. The van der Waals surface area contributed by atoms with Gasteiger partial charge in [-0.3, -0.25) is 9.59 Å². The number of hydrogen-bond donors (Lipinski definition) is 2. The number of aliphatic carboxylic acids is 1. The van der Waals surface area contributed by atoms with Crippen molar-refractivity contribution in [2.24, 2.45) is 0 Å². The van der Waals surface area contributed by atoms with Gasteiger partial charge < -0.3 is 15.3 Å². The zero-order valence-corrected chi connectivity index (χ0v) is 11.4. The van der Waals surface area contributed by atoms with Crippen LogP contribution < -0.4 is 5.32 Å². The molecule has 0 radical (unpaired) electrons. The lowest BCUT2D eigenvalue weighted by Gasteiger charge is -2.09. The summed E-state index contributed by atoms with van der Waals surface area (Å²) in [5.41, 5.74) is 0. The molecule has 0 unspecified atom stereocenters. The van der Waals surface area contributed by atoms with Crippen LogP contribution in [0.1, 0.15) is 16.2 Å². The van der Waals surface area contributed by atoms with Gasteiger partial charge in [-0.1, -0.05) is 0 Å². The van der Waals surface area contributed by atoms with Gasteiger partial charge in [-0.25, -0.2) is 0 Å². The molecule has 6 heteroatoms. The van der Waals surface area contributed by atoms with Crippen molar-refractivity contribution in [3.63, 3.8) is 0 Å². The maximum absolute atomic E-state index is 11.3. The van der Waals surface area contributed by atoms with Crippen LogP contribution in [0.2, 0.25) is 0 Å². The molecule has 0 aliphatic carbocycles. The van der Waals surface area contributed by atoms with Crippen LogP contribution in [0.5, 0.6) is 0 Å². The Morgan fingerprint density at radius 2 is 2.00 bits per heavy atom. The average Bonchev–Trinajstić information content (AvgIpc) is 2.70. The molecule has 1 rings (SSSR count). The Morgan fingerprint density at radius 3 is 2.61 bits per heavy atom. The average molecular weight is 270 g/mol. The van der Waals surface area contributed by atoms with E-state index in [1.54, 1.807) is 19.0 Å². The smallest absolute Gasteiger partial charge is 0.308 e. The Hall–Kier alpha value is -1.40. The van der Waals surface area contributed by atoms with Crippen molar-refractivity contribution < 1.29 is 14.7 Å². The summed E-state index contributed by atoms with van der Waals surface area (Å²) in [7, 11) is 3.47. The van der Waals surface area contributed by atoms with Crippen LogP contribution in [-0.2, 0) is 22.6 Å². The van der Waals surface area contributed by atoms with Gasteiger partial charge >= 0.3 is 5.97 Å². The third-order valence-electron chi connectivity index (χ3n) is 2.36. The van der Waals surface area contributed by atoms with Gasteiger partial charge in [-0.2, -0.15) is 0 Å². The quantitative estimate of drug-likeness (QED) is 0.724. The van der Waals surface area contributed by atoms with Gasteiger partial charge in [0.1, 0.15) is 0 Å². The lowest BCUT2D eigenvalue weighted by atomic mass is 10.3. The number of hydrogen-bond acceptors (Lipinski definition) is 4. The Labute approximate surface area is 110 Å². The molecular weight excluding hydrogens is 252 g/mol. The van der Waals surface area contributed by atoms with Crippen molar-refractivity contribution in [1.29, 1.82) is 0 Å². The van der Waals surface area contributed by atoms with Gasteiger partial charge in [0.05, 0.1) is 6.42 Å².